The van der Waals surface area contributed by atoms with Crippen LogP contribution < -0.4 is 0 Å². The average Bonchev–Trinajstić information content (AvgIpc) is 1.41. The lowest BCUT2D eigenvalue weighted by Crippen LogP contribution is -1.67. The van der Waals surface area contributed by atoms with Gasteiger partial charge in [-0.15, -0.1) is 13.2 Å². The normalized spacial score (nSPS) is 4.80. The summed E-state index contributed by atoms with van der Waals surface area (Å²) in [5, 5.41) is 0. The summed E-state index contributed by atoms with van der Waals surface area (Å²) < 4.78 is 3.90. The maximum Gasteiger partial charge on any atom is 0.426 e. The first-order valence-corrected chi connectivity index (χ1v) is 3.27. The van der Waals surface area contributed by atoms with Crippen molar-refractivity contribution in [3.63, 3.8) is 0 Å². The number of rotatable bonds is 2. The van der Waals surface area contributed by atoms with E-state index in [0.717, 1.165) is 0 Å². The summed E-state index contributed by atoms with van der Waals surface area (Å²) in [6.07, 6.45) is 0. The van der Waals surface area contributed by atoms with E-state index in [1.807, 2.05) is 8.41 Å². The molecule has 0 bridgehead atoms. The summed E-state index contributed by atoms with van der Waals surface area (Å²) in [7, 11) is 0. The second kappa shape index (κ2) is 4.25. The Hall–Kier alpha value is 0.246. The van der Waals surface area contributed by atoms with Crippen LogP contribution in [0.1, 0.15) is 0 Å². The molecule has 0 atom stereocenters. The van der Waals surface area contributed by atoms with E-state index in [1.165, 1.54) is 0 Å². The molecule has 0 aliphatic rings. The van der Waals surface area contributed by atoms with Crippen LogP contribution in [0.3, 0.4) is 0 Å². The summed E-state index contributed by atoms with van der Waals surface area (Å²) in [5.74, 6) is 0. The zero-order valence-electron chi connectivity index (χ0n) is 3.28. The van der Waals surface area contributed by atoms with Gasteiger partial charge in [-0.05, 0) is 0 Å². The van der Waals surface area contributed by atoms with Gasteiger partial charge >= 0.3 is 20.4 Å². The Bertz CT molecular complexity index is 32.9. The van der Waals surface area contributed by atoms with Gasteiger partial charge in [0.2, 0.25) is 0 Å². The lowest BCUT2D eigenvalue weighted by atomic mass is 11.2. The van der Waals surface area contributed by atoms with Gasteiger partial charge in [0.1, 0.15) is 0 Å². The van der Waals surface area contributed by atoms with Crippen molar-refractivity contribution in [1.82, 2.24) is 0 Å². The van der Waals surface area contributed by atoms with Crippen molar-refractivity contribution in [3.05, 3.63) is 21.6 Å². The first-order chi connectivity index (χ1) is 2.41. The molecule has 0 fully saturated rings. The predicted molar refractivity (Wildman–Crippen MR) is 26.1 cm³/mol. The molecule has 0 rings (SSSR count). The van der Waals surface area contributed by atoms with Crippen molar-refractivity contribution in [2.45, 2.75) is 0 Å². The van der Waals surface area contributed by atoms with Crippen molar-refractivity contribution in [1.29, 1.82) is 0 Å². The van der Waals surface area contributed by atoms with E-state index in [4.69, 9.17) is 0 Å². The first kappa shape index (κ1) is 5.25. The maximum atomic E-state index is 3.54. The molecule has 0 aliphatic heterocycles. The zero-order chi connectivity index (χ0) is 4.12. The van der Waals surface area contributed by atoms with E-state index in [9.17, 15) is 0 Å². The molecule has 0 aromatic heterocycles. The second-order valence-electron chi connectivity index (χ2n) is 0.813. The molecule has 0 aromatic rings. The highest BCUT2D eigenvalue weighted by atomic mass is 24.5. The Kier molecular flexibility index (Phi) is 4.46. The topological polar surface area (TPSA) is 0 Å². The quantitative estimate of drug-likeness (QED) is 0.432. The largest absolute Gasteiger partial charge is 0.426 e. The highest BCUT2D eigenvalue weighted by Gasteiger charge is 1.67. The van der Waals surface area contributed by atoms with Crippen molar-refractivity contribution >= 4 is 20.4 Å². The lowest BCUT2D eigenvalue weighted by molar-refractivity contribution is 2.44. The molecule has 0 spiro atoms. The van der Waals surface area contributed by atoms with E-state index in [1.54, 1.807) is 0 Å². The van der Waals surface area contributed by atoms with Crippen molar-refractivity contribution < 1.29 is 0 Å². The summed E-state index contributed by atoms with van der Waals surface area (Å²) in [6.45, 7) is 7.08. The Morgan fingerprint density at radius 3 is 1.60 bits per heavy atom. The van der Waals surface area contributed by atoms with Crippen molar-refractivity contribution in [3.8, 4) is 0 Å². The minimum Gasteiger partial charge on any atom is -0.207 e. The van der Waals surface area contributed by atoms with Gasteiger partial charge in [0.05, 0.1) is 0 Å². The smallest absolute Gasteiger partial charge is 0.207 e. The van der Waals surface area contributed by atoms with Crippen LogP contribution in [0.4, 0.5) is 0 Å². The monoisotopic (exact) mass is 78.0 g/mol. The van der Waals surface area contributed by atoms with Gasteiger partial charge in [0, 0.05) is 0 Å². The first-order valence-electron chi connectivity index (χ1n) is 1.63. The molecule has 24 valence electrons. The van der Waals surface area contributed by atoms with Crippen LogP contribution in [-0.4, -0.2) is 20.4 Å². The van der Waals surface area contributed by atoms with Crippen LogP contribution in [0.25, 0.3) is 0 Å². The third kappa shape index (κ3) is 4.25. The fourth-order valence-electron chi connectivity index (χ4n) is 0.118. The van der Waals surface area contributed by atoms with E-state index in [0.29, 0.717) is 0 Å². The molecular formula is C4H6Mg. The van der Waals surface area contributed by atoms with Gasteiger partial charge in [-0.2, -0.15) is 0 Å². The highest BCUT2D eigenvalue weighted by molar-refractivity contribution is 6.47. The molecular weight excluding hydrogens is 72.3 g/mol. The van der Waals surface area contributed by atoms with Crippen LogP contribution in [0.2, 0.25) is 0 Å². The molecule has 0 heterocycles. The predicted octanol–water partition coefficient (Wildman–Crippen LogP) is 0.978. The molecule has 0 aliphatic carbocycles. The van der Waals surface area contributed by atoms with Crippen LogP contribution >= 0.6 is 0 Å². The molecule has 1 heteroatoms. The highest BCUT2D eigenvalue weighted by Crippen LogP contribution is 1.55. The van der Waals surface area contributed by atoms with Crippen LogP contribution in [0, 0.1) is 0 Å². The maximum absolute atomic E-state index is 3.54. The van der Waals surface area contributed by atoms with Crippen molar-refractivity contribution in [2.24, 2.45) is 0 Å². The fourth-order valence-corrected chi connectivity index (χ4v) is 0.354. The average molecular weight is 78.4 g/mol. The Morgan fingerprint density at radius 2 is 1.60 bits per heavy atom. The second-order valence-corrected chi connectivity index (χ2v) is 2.44. The molecule has 0 aromatic carbocycles. The van der Waals surface area contributed by atoms with Crippen LogP contribution in [0.15, 0.2) is 21.6 Å². The minimum absolute atomic E-state index is 0.0401. The molecule has 0 unspecified atom stereocenters. The molecule has 0 saturated carbocycles. The lowest BCUT2D eigenvalue weighted by Gasteiger charge is -1.56. The van der Waals surface area contributed by atoms with E-state index in [2.05, 4.69) is 13.2 Å². The third-order valence-electron chi connectivity index (χ3n) is 0.333. The third-order valence-corrected chi connectivity index (χ3v) is 1.00. The number of hydrogen-bond donors (Lipinski definition) is 0. The summed E-state index contributed by atoms with van der Waals surface area (Å²) >= 11 is -0.0401. The summed E-state index contributed by atoms with van der Waals surface area (Å²) in [4.78, 5) is 0. The van der Waals surface area contributed by atoms with Crippen LogP contribution in [-0.2, 0) is 0 Å². The van der Waals surface area contributed by atoms with Crippen molar-refractivity contribution in [2.75, 3.05) is 0 Å². The molecule has 5 heavy (non-hydrogen) atoms. The Morgan fingerprint density at radius 1 is 1.20 bits per heavy atom. The van der Waals surface area contributed by atoms with E-state index < -0.39 is 0 Å². The van der Waals surface area contributed by atoms with Gasteiger partial charge in [0.15, 0.2) is 0 Å². The molecule has 0 N–H and O–H groups in total. The molecule has 0 radical (unpaired) electrons. The zero-order valence-corrected chi connectivity index (χ0v) is 4.69. The SMILES string of the molecule is C=[CH][Mg][CH]=C. The van der Waals surface area contributed by atoms with Gasteiger partial charge in [-0.25, -0.2) is 8.41 Å². The summed E-state index contributed by atoms with van der Waals surface area (Å²) in [5.41, 5.74) is 0. The van der Waals surface area contributed by atoms with E-state index >= 15 is 0 Å². The van der Waals surface area contributed by atoms with Gasteiger partial charge in [-0.1, -0.05) is 0 Å². The van der Waals surface area contributed by atoms with Gasteiger partial charge in [-0.3, -0.25) is 0 Å². The summed E-state index contributed by atoms with van der Waals surface area (Å²) in [6, 6.07) is 0. The minimum atomic E-state index is -0.0401. The molecule has 0 saturated heterocycles. The van der Waals surface area contributed by atoms with Gasteiger partial charge < -0.3 is 0 Å². The Balaban J connectivity index is 2.65. The number of hydrogen-bond acceptors (Lipinski definition) is 0. The van der Waals surface area contributed by atoms with Crippen LogP contribution in [0.5, 0.6) is 0 Å². The van der Waals surface area contributed by atoms with Gasteiger partial charge in [0.25, 0.3) is 0 Å². The fraction of sp³-hybridized carbons (Fsp3) is 0. The molecule has 0 amide bonds. The molecule has 0 nitrogen and oxygen atoms in total. The van der Waals surface area contributed by atoms with E-state index in [-0.39, 0.29) is 20.4 Å². The Labute approximate surface area is 42.3 Å². The standard InChI is InChI=1S/2C2H3.Mg/c2*1-2;/h2*1H,2H2;.